The molecule has 8 nitrogen and oxygen atoms in total. The summed E-state index contributed by atoms with van der Waals surface area (Å²) in [7, 11) is -4.34. The average molecular weight is 588 g/mol. The Labute approximate surface area is 224 Å². The minimum absolute atomic E-state index is 0.121. The normalized spacial score (nSPS) is 20.8. The SMILES string of the molecule is O=C(NCc1cc(-c2cnc(C(F)(F)F)nc2)ncc1Cl)[C@@H]1C[C@@H](F)C2(CC2)N1S(=O)(=O)c1ccc(F)cc1. The maximum atomic E-state index is 15.0. The molecular formula is C24H19ClF5N5O3S. The van der Waals surface area contributed by atoms with Crippen LogP contribution in [0.2, 0.25) is 5.02 Å². The molecule has 1 aromatic carbocycles. The van der Waals surface area contributed by atoms with Gasteiger partial charge in [-0.1, -0.05) is 11.6 Å². The number of nitrogens with zero attached hydrogens (tertiary/aromatic N) is 4. The summed E-state index contributed by atoms with van der Waals surface area (Å²) in [6.07, 6.45) is -3.03. The lowest BCUT2D eigenvalue weighted by molar-refractivity contribution is -0.145. The van der Waals surface area contributed by atoms with E-state index in [-0.39, 0.29) is 47.0 Å². The van der Waals surface area contributed by atoms with E-state index in [2.05, 4.69) is 20.3 Å². The summed E-state index contributed by atoms with van der Waals surface area (Å²) in [5.41, 5.74) is -0.673. The predicted molar refractivity (Wildman–Crippen MR) is 128 cm³/mol. The van der Waals surface area contributed by atoms with Gasteiger partial charge in [-0.25, -0.2) is 27.2 Å². The number of carbonyl (C=O) groups excluding carboxylic acids is 1. The van der Waals surface area contributed by atoms with E-state index in [0.29, 0.717) is 5.56 Å². The molecule has 3 aromatic rings. The molecule has 1 N–H and O–H groups in total. The van der Waals surface area contributed by atoms with Crippen molar-refractivity contribution in [1.82, 2.24) is 24.6 Å². The van der Waals surface area contributed by atoms with Gasteiger partial charge in [-0.15, -0.1) is 0 Å². The molecule has 1 spiro atoms. The summed E-state index contributed by atoms with van der Waals surface area (Å²) in [5.74, 6) is -2.73. The highest BCUT2D eigenvalue weighted by molar-refractivity contribution is 7.89. The number of rotatable bonds is 6. The van der Waals surface area contributed by atoms with E-state index in [1.54, 1.807) is 0 Å². The number of hydrogen-bond acceptors (Lipinski definition) is 6. The molecule has 1 aliphatic carbocycles. The molecule has 15 heteroatoms. The van der Waals surface area contributed by atoms with Crippen molar-refractivity contribution in [3.05, 3.63) is 71.2 Å². The first kappa shape index (κ1) is 27.3. The fourth-order valence-electron chi connectivity index (χ4n) is 4.64. The van der Waals surface area contributed by atoms with Crippen LogP contribution in [0, 0.1) is 5.82 Å². The van der Waals surface area contributed by atoms with Gasteiger partial charge in [0.1, 0.15) is 18.0 Å². The molecule has 3 heterocycles. The van der Waals surface area contributed by atoms with Crippen molar-refractivity contribution in [2.45, 2.75) is 54.6 Å². The summed E-state index contributed by atoms with van der Waals surface area (Å²) < 4.78 is 94.4. The monoisotopic (exact) mass is 587 g/mol. The molecule has 0 bridgehead atoms. The van der Waals surface area contributed by atoms with Gasteiger partial charge in [-0.05, 0) is 48.7 Å². The van der Waals surface area contributed by atoms with Crippen molar-refractivity contribution in [2.75, 3.05) is 0 Å². The molecule has 5 rings (SSSR count). The Balaban J connectivity index is 1.36. The van der Waals surface area contributed by atoms with Gasteiger partial charge >= 0.3 is 6.18 Å². The van der Waals surface area contributed by atoms with Crippen LogP contribution in [0.1, 0.15) is 30.7 Å². The van der Waals surface area contributed by atoms with Gasteiger partial charge in [0.05, 0.1) is 21.2 Å². The van der Waals surface area contributed by atoms with Crippen molar-refractivity contribution in [2.24, 2.45) is 0 Å². The van der Waals surface area contributed by atoms with Gasteiger partial charge in [0, 0.05) is 37.1 Å². The first-order valence-corrected chi connectivity index (χ1v) is 13.4. The number of aromatic nitrogens is 3. The molecule has 1 amide bonds. The van der Waals surface area contributed by atoms with E-state index in [0.717, 1.165) is 41.0 Å². The molecule has 39 heavy (non-hydrogen) atoms. The van der Waals surface area contributed by atoms with Crippen LogP contribution in [0.5, 0.6) is 0 Å². The lowest BCUT2D eigenvalue weighted by Crippen LogP contribution is -2.50. The number of nitrogens with one attached hydrogen (secondary N) is 1. The van der Waals surface area contributed by atoms with Gasteiger partial charge in [0.15, 0.2) is 0 Å². The van der Waals surface area contributed by atoms with Crippen LogP contribution in [0.15, 0.2) is 53.8 Å². The van der Waals surface area contributed by atoms with Crippen LogP contribution in [0.3, 0.4) is 0 Å². The molecule has 1 saturated carbocycles. The van der Waals surface area contributed by atoms with Gasteiger partial charge in [-0.2, -0.15) is 17.5 Å². The molecule has 2 aliphatic rings. The summed E-state index contributed by atoms with van der Waals surface area (Å²) >= 11 is 6.19. The molecule has 1 aliphatic heterocycles. The largest absolute Gasteiger partial charge is 0.451 e. The Morgan fingerprint density at radius 2 is 1.74 bits per heavy atom. The van der Waals surface area contributed by atoms with Crippen molar-refractivity contribution in [1.29, 1.82) is 0 Å². The standard InChI is InChI=1S/C24H19ClF5N5O3S/c25-17-12-31-18(14-10-33-22(34-11-14)24(28,29)30)7-13(17)9-32-21(36)19-8-20(27)23(5-6-23)35(19)39(37,38)16-3-1-15(26)2-4-16/h1-4,7,10-12,19-20H,5-6,8-9H2,(H,32,36)/t19-,20+/m0/s1. The highest BCUT2D eigenvalue weighted by Crippen LogP contribution is 2.55. The quantitative estimate of drug-likeness (QED) is 0.431. The Morgan fingerprint density at radius 3 is 2.33 bits per heavy atom. The zero-order chi connectivity index (χ0) is 28.2. The van der Waals surface area contributed by atoms with Crippen molar-refractivity contribution in [3.8, 4) is 11.3 Å². The van der Waals surface area contributed by atoms with Gasteiger partial charge in [0.25, 0.3) is 0 Å². The van der Waals surface area contributed by atoms with E-state index < -0.39 is 51.5 Å². The zero-order valence-electron chi connectivity index (χ0n) is 19.8. The Hall–Kier alpha value is -3.23. The minimum Gasteiger partial charge on any atom is -0.351 e. The van der Waals surface area contributed by atoms with Crippen molar-refractivity contribution < 1.29 is 35.2 Å². The Kier molecular flexibility index (Phi) is 6.84. The van der Waals surface area contributed by atoms with Crippen LogP contribution in [-0.2, 0) is 27.5 Å². The van der Waals surface area contributed by atoms with Crippen molar-refractivity contribution in [3.63, 3.8) is 0 Å². The predicted octanol–water partition coefficient (Wildman–Crippen LogP) is 4.30. The van der Waals surface area contributed by atoms with E-state index in [1.807, 2.05) is 0 Å². The first-order chi connectivity index (χ1) is 18.3. The summed E-state index contributed by atoms with van der Waals surface area (Å²) in [6, 6.07) is 4.11. The second-order valence-electron chi connectivity index (χ2n) is 9.25. The second kappa shape index (κ2) is 9.75. The van der Waals surface area contributed by atoms with E-state index in [9.17, 15) is 30.8 Å². The number of alkyl halides is 4. The van der Waals surface area contributed by atoms with Gasteiger partial charge < -0.3 is 5.32 Å². The number of sulfonamides is 1. The average Bonchev–Trinajstić information content (AvgIpc) is 3.62. The Bertz CT molecular complexity index is 1520. The third kappa shape index (κ3) is 5.08. The fourth-order valence-corrected chi connectivity index (χ4v) is 6.81. The third-order valence-electron chi connectivity index (χ3n) is 6.76. The molecule has 206 valence electrons. The molecule has 2 fully saturated rings. The molecule has 2 atom stereocenters. The van der Waals surface area contributed by atoms with Crippen LogP contribution >= 0.6 is 11.6 Å². The number of amides is 1. The van der Waals surface area contributed by atoms with Crippen LogP contribution < -0.4 is 5.32 Å². The van der Waals surface area contributed by atoms with Gasteiger partial charge in [-0.3, -0.25) is 9.78 Å². The number of hydrogen-bond donors (Lipinski definition) is 1. The maximum Gasteiger partial charge on any atom is 0.451 e. The summed E-state index contributed by atoms with van der Waals surface area (Å²) in [6.45, 7) is -0.209. The first-order valence-electron chi connectivity index (χ1n) is 11.6. The van der Waals surface area contributed by atoms with Crippen LogP contribution in [0.4, 0.5) is 22.0 Å². The highest BCUT2D eigenvalue weighted by atomic mass is 35.5. The zero-order valence-corrected chi connectivity index (χ0v) is 21.4. The smallest absolute Gasteiger partial charge is 0.351 e. The number of benzene rings is 1. The van der Waals surface area contributed by atoms with Crippen LogP contribution in [0.25, 0.3) is 11.3 Å². The maximum absolute atomic E-state index is 15.0. The fraction of sp³-hybridized carbons (Fsp3) is 0.333. The topological polar surface area (TPSA) is 105 Å². The van der Waals surface area contributed by atoms with E-state index >= 15 is 4.39 Å². The minimum atomic E-state index is -4.71. The number of pyridine rings is 1. The van der Waals surface area contributed by atoms with E-state index in [4.69, 9.17) is 11.6 Å². The van der Waals surface area contributed by atoms with Crippen LogP contribution in [-0.4, -0.2) is 51.3 Å². The van der Waals surface area contributed by atoms with Gasteiger partial charge in [0.2, 0.25) is 21.8 Å². The number of carbonyl (C=O) groups is 1. The number of halogens is 6. The summed E-state index contributed by atoms with van der Waals surface area (Å²) in [4.78, 5) is 23.6. The molecule has 0 unspecified atom stereocenters. The molecule has 2 aromatic heterocycles. The summed E-state index contributed by atoms with van der Waals surface area (Å²) in [5, 5.41) is 2.70. The molecular weight excluding hydrogens is 569 g/mol. The highest BCUT2D eigenvalue weighted by Gasteiger charge is 2.67. The second-order valence-corrected chi connectivity index (χ2v) is 11.5. The lowest BCUT2D eigenvalue weighted by Gasteiger charge is -2.29. The molecule has 0 radical (unpaired) electrons. The lowest BCUT2D eigenvalue weighted by atomic mass is 10.1. The van der Waals surface area contributed by atoms with E-state index in [1.165, 1.54) is 12.3 Å². The van der Waals surface area contributed by atoms with Crippen molar-refractivity contribution >= 4 is 27.5 Å². The molecule has 1 saturated heterocycles. The Morgan fingerprint density at radius 1 is 1.10 bits per heavy atom. The third-order valence-corrected chi connectivity index (χ3v) is 9.10.